The molecule has 49 heavy (non-hydrogen) atoms. The summed E-state index contributed by atoms with van der Waals surface area (Å²) in [6.45, 7) is 6.67. The van der Waals surface area contributed by atoms with Crippen LogP contribution in [-0.4, -0.2) is 70.3 Å². The Morgan fingerprint density at radius 2 is 2.10 bits per heavy atom. The maximum Gasteiger partial charge on any atom is 0.339 e. The molecule has 4 unspecified atom stereocenters. The number of amides is 1. The molecule has 1 saturated heterocycles. The van der Waals surface area contributed by atoms with Gasteiger partial charge in [0.25, 0.3) is 0 Å². The number of nitrogens with one attached hydrogen (secondary N) is 1. The number of nitrogens with zero attached hydrogens (tertiary/aromatic N) is 1. The molecule has 5 heterocycles. The number of allylic oxidation sites excluding steroid dienone is 2. The monoisotopic (exact) mass is 705 g/mol. The molecule has 12 heteroatoms. The zero-order chi connectivity index (χ0) is 34.5. The van der Waals surface area contributed by atoms with E-state index in [9.17, 15) is 19.5 Å². The Morgan fingerprint density at radius 1 is 1.27 bits per heavy atom. The van der Waals surface area contributed by atoms with Crippen LogP contribution in [0.1, 0.15) is 57.6 Å². The lowest BCUT2D eigenvalue weighted by Crippen LogP contribution is -2.65. The Balaban J connectivity index is 1.41. The van der Waals surface area contributed by atoms with Crippen molar-refractivity contribution < 1.29 is 28.6 Å². The average molecular weight is 706 g/mol. The molecule has 4 N–H and O–H groups in total. The molecule has 5 aliphatic rings. The second kappa shape index (κ2) is 13.3. The summed E-state index contributed by atoms with van der Waals surface area (Å²) >= 11 is 0. The number of carbonyl (C=O) groups is 2. The van der Waals surface area contributed by atoms with Gasteiger partial charge < -0.3 is 34.9 Å². The summed E-state index contributed by atoms with van der Waals surface area (Å²) in [5.41, 5.74) is 9.10. The molecule has 0 bridgehead atoms. The lowest BCUT2D eigenvalue weighted by atomic mass is 9.61. The molecule has 1 fully saturated rings. The maximum atomic E-state index is 13.7. The molecule has 1 aromatic heterocycles. The van der Waals surface area contributed by atoms with Crippen molar-refractivity contribution in [3.05, 3.63) is 86.1 Å². The molecule has 260 valence electrons. The molecule has 1 amide bonds. The fraction of sp³-hybridized carbons (Fsp3) is 0.486. The van der Waals surface area contributed by atoms with Crippen LogP contribution in [0.3, 0.4) is 0 Å². The Hall–Kier alpha value is -3.61. The first kappa shape index (κ1) is 33.9. The van der Waals surface area contributed by atoms with Crippen molar-refractivity contribution in [1.82, 2.24) is 10.2 Å². The van der Waals surface area contributed by atoms with Crippen LogP contribution < -0.4 is 21.4 Å². The highest BCUT2D eigenvalue weighted by Crippen LogP contribution is 2.57. The van der Waals surface area contributed by atoms with Gasteiger partial charge in [0.15, 0.2) is 11.2 Å². The van der Waals surface area contributed by atoms with Crippen LogP contribution in [0.4, 0.5) is 0 Å². The van der Waals surface area contributed by atoms with Crippen LogP contribution in [0.15, 0.2) is 73.8 Å². The number of dihydropyridines is 1. The second-order valence-electron chi connectivity index (χ2n) is 13.8. The van der Waals surface area contributed by atoms with Crippen LogP contribution in [-0.2, 0) is 27.2 Å². The summed E-state index contributed by atoms with van der Waals surface area (Å²) in [6.07, 6.45) is 8.84. The molecule has 4 aliphatic heterocycles. The van der Waals surface area contributed by atoms with Gasteiger partial charge in [-0.15, -0.1) is 0 Å². The number of aryl methyl sites for hydroxylation is 1. The summed E-state index contributed by atoms with van der Waals surface area (Å²) in [5.74, 6) is 1.93. The standard InChI is InChI=1S/C37H43N3O7S2/c1-4-21(2)34(43)47-36(3)9-7-23-19-48-49-20-27-8-10-40(27)32(42)14-26-18-39-31(38)15-28(26)33(23)37(36)17-25-13-24-12-22(6-5-11-41)35(44)45-29(24)16-30(25)46-37/h4,7,12-13,15-16,27,33,39,41H,5-6,8-11,14,17-20,38H2,1-3H3. The number of ether oxygens (including phenoxy) is 2. The SMILES string of the molecule is CC=C(C)C(=O)OC1(C)CC=C2CSSCC3CCN3C(=O)CC3=C(C=C(N)NC3)C2C12Cc1cc3cc(CCCO)c(=O)oc3cc1O2. The van der Waals surface area contributed by atoms with E-state index in [1.165, 1.54) is 0 Å². The molecule has 2 aromatic rings. The number of nitrogens with two attached hydrogens (primary N) is 1. The zero-order valence-electron chi connectivity index (χ0n) is 28.1. The molecule has 7 rings (SSSR count). The van der Waals surface area contributed by atoms with Gasteiger partial charge in [-0.05, 0) is 75.0 Å². The van der Waals surface area contributed by atoms with E-state index in [2.05, 4.69) is 11.4 Å². The lowest BCUT2D eigenvalue weighted by Gasteiger charge is -2.53. The molecule has 0 saturated carbocycles. The van der Waals surface area contributed by atoms with Crippen molar-refractivity contribution >= 4 is 44.4 Å². The number of rotatable bonds is 5. The minimum atomic E-state index is -1.13. The molecule has 10 nitrogen and oxygen atoms in total. The number of fused-ring (bicyclic) bond motifs is 6. The number of carbonyl (C=O) groups excluding carboxylic acids is 2. The van der Waals surface area contributed by atoms with Gasteiger partial charge in [-0.2, -0.15) is 0 Å². The number of esters is 1. The second-order valence-corrected chi connectivity index (χ2v) is 16.3. The molecule has 4 atom stereocenters. The highest BCUT2D eigenvalue weighted by Gasteiger charge is 2.64. The van der Waals surface area contributed by atoms with Crippen LogP contribution in [0.5, 0.6) is 5.75 Å². The Morgan fingerprint density at radius 3 is 2.86 bits per heavy atom. The summed E-state index contributed by atoms with van der Waals surface area (Å²) in [5, 5.41) is 13.4. The van der Waals surface area contributed by atoms with Crippen molar-refractivity contribution in [3.8, 4) is 5.75 Å². The molecule has 1 spiro atoms. The van der Waals surface area contributed by atoms with E-state index in [1.54, 1.807) is 40.7 Å². The highest BCUT2D eigenvalue weighted by molar-refractivity contribution is 8.76. The van der Waals surface area contributed by atoms with Gasteiger partial charge in [-0.25, -0.2) is 9.59 Å². The van der Waals surface area contributed by atoms with Crippen molar-refractivity contribution in [2.24, 2.45) is 11.7 Å². The van der Waals surface area contributed by atoms with Crippen LogP contribution in [0.25, 0.3) is 11.0 Å². The van der Waals surface area contributed by atoms with Gasteiger partial charge in [-0.1, -0.05) is 39.3 Å². The van der Waals surface area contributed by atoms with Gasteiger partial charge in [-0.3, -0.25) is 4.79 Å². The minimum absolute atomic E-state index is 0.0212. The average Bonchev–Trinajstić information content (AvgIpc) is 3.43. The molecule has 1 aromatic carbocycles. The van der Waals surface area contributed by atoms with Gasteiger partial charge in [0.05, 0.1) is 18.2 Å². The fourth-order valence-corrected chi connectivity index (χ4v) is 10.3. The van der Waals surface area contributed by atoms with E-state index in [1.807, 2.05) is 37.0 Å². The predicted molar refractivity (Wildman–Crippen MR) is 192 cm³/mol. The van der Waals surface area contributed by atoms with E-state index < -0.39 is 28.7 Å². The van der Waals surface area contributed by atoms with E-state index in [0.717, 1.165) is 52.1 Å². The third-order valence-corrected chi connectivity index (χ3v) is 13.2. The third kappa shape index (κ3) is 5.99. The number of aliphatic hydroxyl groups is 1. The van der Waals surface area contributed by atoms with Crippen molar-refractivity contribution in [3.63, 3.8) is 0 Å². The highest BCUT2D eigenvalue weighted by atomic mass is 33.1. The van der Waals surface area contributed by atoms with Gasteiger partial charge in [0, 0.05) is 72.7 Å². The van der Waals surface area contributed by atoms with E-state index >= 15 is 0 Å². The molecular formula is C37H43N3O7S2. The van der Waals surface area contributed by atoms with Crippen LogP contribution in [0, 0.1) is 5.92 Å². The molecule has 1 aliphatic carbocycles. The number of aliphatic hydroxyl groups excluding tert-OH is 1. The lowest BCUT2D eigenvalue weighted by molar-refractivity contribution is -0.186. The molecular weight excluding hydrogens is 663 g/mol. The summed E-state index contributed by atoms with van der Waals surface area (Å²) in [7, 11) is 3.56. The number of benzene rings is 1. The third-order valence-electron chi connectivity index (χ3n) is 10.8. The van der Waals surface area contributed by atoms with Crippen LogP contribution >= 0.6 is 21.6 Å². The number of hydrogen-bond donors (Lipinski definition) is 3. The quantitative estimate of drug-likeness (QED) is 0.131. The Labute approximate surface area is 293 Å². The van der Waals surface area contributed by atoms with E-state index in [0.29, 0.717) is 60.5 Å². The van der Waals surface area contributed by atoms with Gasteiger partial charge >= 0.3 is 11.6 Å². The van der Waals surface area contributed by atoms with Crippen LogP contribution in [0.2, 0.25) is 0 Å². The first-order valence-corrected chi connectivity index (χ1v) is 19.5. The van der Waals surface area contributed by atoms with Gasteiger partial charge in [0.1, 0.15) is 11.3 Å². The van der Waals surface area contributed by atoms with Crippen molar-refractivity contribution in [2.45, 2.75) is 76.5 Å². The Bertz CT molecular complexity index is 1900. The van der Waals surface area contributed by atoms with Crippen molar-refractivity contribution in [2.75, 3.05) is 31.2 Å². The summed E-state index contributed by atoms with van der Waals surface area (Å²) in [6, 6.07) is 5.84. The minimum Gasteiger partial charge on any atom is -0.481 e. The van der Waals surface area contributed by atoms with Gasteiger partial charge in [0.2, 0.25) is 5.91 Å². The smallest absolute Gasteiger partial charge is 0.339 e. The topological polar surface area (TPSA) is 144 Å². The maximum absolute atomic E-state index is 13.7. The Kier molecular flexibility index (Phi) is 9.16. The predicted octanol–water partition coefficient (Wildman–Crippen LogP) is 4.69. The first-order chi connectivity index (χ1) is 23.6. The van der Waals surface area contributed by atoms with E-state index in [4.69, 9.17) is 19.6 Å². The van der Waals surface area contributed by atoms with Crippen molar-refractivity contribution in [1.29, 1.82) is 0 Å². The first-order valence-electron chi connectivity index (χ1n) is 17.0. The fourth-order valence-electron chi connectivity index (χ4n) is 7.78. The summed E-state index contributed by atoms with van der Waals surface area (Å²) < 4.78 is 19.5. The number of hydrogen-bond acceptors (Lipinski definition) is 11. The molecule has 0 radical (unpaired) electrons. The van der Waals surface area contributed by atoms with E-state index in [-0.39, 0.29) is 25.0 Å². The largest absolute Gasteiger partial charge is 0.481 e. The summed E-state index contributed by atoms with van der Waals surface area (Å²) in [4.78, 5) is 42.2. The normalized spacial score (nSPS) is 28.4. The zero-order valence-corrected chi connectivity index (χ0v) is 29.8.